The summed E-state index contributed by atoms with van der Waals surface area (Å²) in [5, 5.41) is 13.3. The molecule has 2 aromatic carbocycles. The van der Waals surface area contributed by atoms with Crippen LogP contribution in [0.2, 0.25) is 0 Å². The van der Waals surface area contributed by atoms with Gasteiger partial charge in [0.1, 0.15) is 18.3 Å². The van der Waals surface area contributed by atoms with Gasteiger partial charge in [-0.2, -0.15) is 13.2 Å². The van der Waals surface area contributed by atoms with Crippen molar-refractivity contribution in [3.63, 3.8) is 0 Å². The number of furan rings is 1. The molecule has 1 N–H and O–H groups in total. The topological polar surface area (TPSA) is 96.1 Å². The number of H-pyrrole nitrogens is 1. The molecule has 0 bridgehead atoms. The van der Waals surface area contributed by atoms with Crippen molar-refractivity contribution in [3.05, 3.63) is 105 Å². The standard InChI is InChI=1S/C29H28F3N7O2/c1-18-13-20-15-24(28(40)33-25(20)14-19(18)2)26(27-34-35-36-39(27)17-23-7-4-12-41-23)38-10-8-37(9-11-38)22-6-3-5-21(16-22)29(30,31)32/h3-7,12-16,26H,8-11,17H2,1-2H3,(H,33,40)/t26-/m0/s1. The summed E-state index contributed by atoms with van der Waals surface area (Å²) >= 11 is 0. The van der Waals surface area contributed by atoms with Crippen LogP contribution in [0.4, 0.5) is 18.9 Å². The third-order valence-corrected chi connectivity index (χ3v) is 7.69. The summed E-state index contributed by atoms with van der Waals surface area (Å²) in [6.45, 7) is 6.16. The summed E-state index contributed by atoms with van der Waals surface area (Å²) in [4.78, 5) is 20.6. The number of aryl methyl sites for hydroxylation is 2. The lowest BCUT2D eigenvalue weighted by molar-refractivity contribution is -0.137. The highest BCUT2D eigenvalue weighted by atomic mass is 19.4. The summed E-state index contributed by atoms with van der Waals surface area (Å²) < 4.78 is 47.1. The summed E-state index contributed by atoms with van der Waals surface area (Å²) in [7, 11) is 0. The van der Waals surface area contributed by atoms with E-state index in [0.29, 0.717) is 49.0 Å². The molecular formula is C29H28F3N7O2. The van der Waals surface area contributed by atoms with Crippen LogP contribution in [0.1, 0.15) is 39.9 Å². The minimum absolute atomic E-state index is 0.251. The van der Waals surface area contributed by atoms with Gasteiger partial charge >= 0.3 is 6.18 Å². The molecule has 0 amide bonds. The van der Waals surface area contributed by atoms with Crippen LogP contribution >= 0.6 is 0 Å². The molecule has 41 heavy (non-hydrogen) atoms. The van der Waals surface area contributed by atoms with Crippen LogP contribution in [0.5, 0.6) is 0 Å². The zero-order valence-electron chi connectivity index (χ0n) is 22.5. The molecule has 1 aliphatic rings. The highest BCUT2D eigenvalue weighted by molar-refractivity contribution is 5.81. The van der Waals surface area contributed by atoms with E-state index in [4.69, 9.17) is 4.42 Å². The number of benzene rings is 2. The average Bonchev–Trinajstić information content (AvgIpc) is 3.63. The van der Waals surface area contributed by atoms with E-state index in [9.17, 15) is 18.0 Å². The zero-order valence-corrected chi connectivity index (χ0v) is 22.5. The lowest BCUT2D eigenvalue weighted by atomic mass is 10.00. The molecule has 1 fully saturated rings. The normalized spacial score (nSPS) is 15.5. The molecular weight excluding hydrogens is 535 g/mol. The molecule has 9 nitrogen and oxygen atoms in total. The monoisotopic (exact) mass is 563 g/mol. The van der Waals surface area contributed by atoms with E-state index in [1.807, 2.05) is 43.0 Å². The highest BCUT2D eigenvalue weighted by Gasteiger charge is 2.34. The Morgan fingerprint density at radius 2 is 1.78 bits per heavy atom. The number of anilines is 1. The molecule has 1 aliphatic heterocycles. The number of pyridine rings is 1. The van der Waals surface area contributed by atoms with Crippen LogP contribution in [0.15, 0.2) is 70.1 Å². The van der Waals surface area contributed by atoms with Gasteiger partial charge in [-0.1, -0.05) is 6.07 Å². The van der Waals surface area contributed by atoms with Crippen LogP contribution in [0, 0.1) is 13.8 Å². The SMILES string of the molecule is Cc1cc2cc([C@@H](c3nnnn3Cc3ccco3)N3CCN(c4cccc(C(F)(F)F)c4)CC3)c(=O)[nH]c2cc1C. The number of aromatic amines is 1. The molecule has 3 aromatic heterocycles. The fourth-order valence-electron chi connectivity index (χ4n) is 5.38. The minimum Gasteiger partial charge on any atom is -0.467 e. The van der Waals surface area contributed by atoms with E-state index >= 15 is 0 Å². The molecule has 6 rings (SSSR count). The van der Waals surface area contributed by atoms with Crippen molar-refractivity contribution in [2.75, 3.05) is 31.1 Å². The lowest BCUT2D eigenvalue weighted by Crippen LogP contribution is -2.49. The maximum atomic E-state index is 13.6. The quantitative estimate of drug-likeness (QED) is 0.320. The number of nitrogens with zero attached hydrogens (tertiary/aromatic N) is 6. The Bertz CT molecular complexity index is 1740. The molecule has 1 atom stereocenters. The maximum Gasteiger partial charge on any atom is 0.416 e. The Labute approximate surface area is 233 Å². The number of aromatic nitrogens is 5. The van der Waals surface area contributed by atoms with Gasteiger partial charge in [0.2, 0.25) is 0 Å². The molecule has 0 unspecified atom stereocenters. The number of halogens is 3. The number of tetrazole rings is 1. The Morgan fingerprint density at radius 1 is 1.00 bits per heavy atom. The first-order valence-electron chi connectivity index (χ1n) is 13.3. The summed E-state index contributed by atoms with van der Waals surface area (Å²) in [5.74, 6) is 1.13. The molecule has 0 spiro atoms. The van der Waals surface area contributed by atoms with Crippen LogP contribution in [0.3, 0.4) is 0 Å². The number of piperazine rings is 1. The average molecular weight is 564 g/mol. The smallest absolute Gasteiger partial charge is 0.416 e. The number of rotatable bonds is 6. The Balaban J connectivity index is 1.37. The number of hydrogen-bond donors (Lipinski definition) is 1. The molecule has 0 saturated carbocycles. The molecule has 0 radical (unpaired) electrons. The Hall–Kier alpha value is -4.45. The molecule has 212 valence electrons. The highest BCUT2D eigenvalue weighted by Crippen LogP contribution is 2.33. The number of fused-ring (bicyclic) bond motifs is 1. The van der Waals surface area contributed by atoms with E-state index in [1.165, 1.54) is 12.1 Å². The first kappa shape index (κ1) is 26.8. The van der Waals surface area contributed by atoms with Crippen LogP contribution < -0.4 is 10.5 Å². The largest absolute Gasteiger partial charge is 0.467 e. The van der Waals surface area contributed by atoms with Gasteiger partial charge in [0.25, 0.3) is 5.56 Å². The van der Waals surface area contributed by atoms with Crippen molar-refractivity contribution in [3.8, 4) is 0 Å². The molecule has 1 saturated heterocycles. The van der Waals surface area contributed by atoms with Crippen molar-refractivity contribution in [1.29, 1.82) is 0 Å². The molecule has 12 heteroatoms. The molecule has 4 heterocycles. The Kier molecular flexibility index (Phi) is 6.86. The second-order valence-corrected chi connectivity index (χ2v) is 10.3. The third-order valence-electron chi connectivity index (χ3n) is 7.69. The summed E-state index contributed by atoms with van der Waals surface area (Å²) in [6, 6.07) is 14.2. The van der Waals surface area contributed by atoms with Crippen molar-refractivity contribution in [1.82, 2.24) is 30.1 Å². The van der Waals surface area contributed by atoms with Crippen molar-refractivity contribution >= 4 is 16.6 Å². The van der Waals surface area contributed by atoms with Gasteiger partial charge in [-0.25, -0.2) is 4.68 Å². The first-order chi connectivity index (χ1) is 19.7. The lowest BCUT2D eigenvalue weighted by Gasteiger charge is -2.39. The number of nitrogens with one attached hydrogen (secondary N) is 1. The van der Waals surface area contributed by atoms with Gasteiger partial charge in [0.05, 0.1) is 11.8 Å². The van der Waals surface area contributed by atoms with E-state index in [0.717, 1.165) is 28.1 Å². The maximum absolute atomic E-state index is 13.6. The van der Waals surface area contributed by atoms with Crippen molar-refractivity contribution in [2.45, 2.75) is 32.6 Å². The fourth-order valence-corrected chi connectivity index (χ4v) is 5.38. The van der Waals surface area contributed by atoms with Gasteiger partial charge in [0, 0.05) is 42.9 Å². The summed E-state index contributed by atoms with van der Waals surface area (Å²) in [6.07, 6.45) is -2.84. The van der Waals surface area contributed by atoms with Gasteiger partial charge < -0.3 is 14.3 Å². The third kappa shape index (κ3) is 5.34. The van der Waals surface area contributed by atoms with E-state index in [-0.39, 0.29) is 12.1 Å². The first-order valence-corrected chi connectivity index (χ1v) is 13.3. The van der Waals surface area contributed by atoms with Gasteiger partial charge in [0.15, 0.2) is 5.82 Å². The predicted molar refractivity (Wildman–Crippen MR) is 147 cm³/mol. The van der Waals surface area contributed by atoms with E-state index < -0.39 is 17.8 Å². The molecule has 5 aromatic rings. The van der Waals surface area contributed by atoms with Crippen LogP contribution in [-0.4, -0.2) is 56.3 Å². The second-order valence-electron chi connectivity index (χ2n) is 10.3. The van der Waals surface area contributed by atoms with Crippen LogP contribution in [0.25, 0.3) is 10.9 Å². The van der Waals surface area contributed by atoms with Gasteiger partial charge in [-0.3, -0.25) is 9.69 Å². The fraction of sp³-hybridized carbons (Fsp3) is 0.310. The van der Waals surface area contributed by atoms with Crippen molar-refractivity contribution < 1.29 is 17.6 Å². The van der Waals surface area contributed by atoms with Gasteiger partial charge in [-0.05, 0) is 89.3 Å². The van der Waals surface area contributed by atoms with E-state index in [1.54, 1.807) is 23.1 Å². The van der Waals surface area contributed by atoms with Gasteiger partial charge in [-0.15, -0.1) is 5.10 Å². The Morgan fingerprint density at radius 3 is 2.51 bits per heavy atom. The van der Waals surface area contributed by atoms with Crippen molar-refractivity contribution in [2.24, 2.45) is 0 Å². The molecule has 0 aliphatic carbocycles. The van der Waals surface area contributed by atoms with E-state index in [2.05, 4.69) is 25.4 Å². The zero-order chi connectivity index (χ0) is 28.7. The number of hydrogen-bond acceptors (Lipinski definition) is 7. The predicted octanol–water partition coefficient (Wildman–Crippen LogP) is 4.70. The minimum atomic E-state index is -4.41. The summed E-state index contributed by atoms with van der Waals surface area (Å²) in [5.41, 5.74) is 2.98. The second kappa shape index (κ2) is 10.5. The van der Waals surface area contributed by atoms with Crippen LogP contribution in [-0.2, 0) is 12.7 Å². The number of alkyl halides is 3.